The maximum absolute atomic E-state index is 5.58. The summed E-state index contributed by atoms with van der Waals surface area (Å²) in [4.78, 5) is 0. The Labute approximate surface area is 119 Å². The summed E-state index contributed by atoms with van der Waals surface area (Å²) in [6.07, 6.45) is 1.02. The van der Waals surface area contributed by atoms with Crippen molar-refractivity contribution >= 4 is 11.3 Å². The van der Waals surface area contributed by atoms with Gasteiger partial charge in [-0.3, -0.25) is 0 Å². The fourth-order valence-corrected chi connectivity index (χ4v) is 2.87. The van der Waals surface area contributed by atoms with Crippen molar-refractivity contribution in [3.8, 4) is 5.75 Å². The Morgan fingerprint density at radius 2 is 2.16 bits per heavy atom. The average molecular weight is 275 g/mol. The second-order valence-corrected chi connectivity index (χ2v) is 5.23. The van der Waals surface area contributed by atoms with E-state index in [1.807, 2.05) is 13.0 Å². The molecular formula is C16H21NOS. The van der Waals surface area contributed by atoms with Gasteiger partial charge < -0.3 is 10.1 Å². The van der Waals surface area contributed by atoms with Crippen LogP contribution in [-0.4, -0.2) is 13.2 Å². The molecule has 1 aromatic heterocycles. The molecule has 0 aliphatic heterocycles. The van der Waals surface area contributed by atoms with E-state index in [2.05, 4.69) is 47.3 Å². The Morgan fingerprint density at radius 3 is 2.84 bits per heavy atom. The number of benzene rings is 1. The normalized spacial score (nSPS) is 12.3. The number of rotatable bonds is 7. The van der Waals surface area contributed by atoms with Gasteiger partial charge in [-0.15, -0.1) is 0 Å². The Bertz CT molecular complexity index is 481. The molecule has 1 heterocycles. The molecular weight excluding hydrogens is 254 g/mol. The zero-order valence-electron chi connectivity index (χ0n) is 11.6. The van der Waals surface area contributed by atoms with E-state index >= 15 is 0 Å². The van der Waals surface area contributed by atoms with Gasteiger partial charge in [0, 0.05) is 6.04 Å². The zero-order chi connectivity index (χ0) is 13.5. The highest BCUT2D eigenvalue weighted by atomic mass is 32.1. The maximum Gasteiger partial charge on any atom is 0.119 e. The first kappa shape index (κ1) is 14.1. The Hall–Kier alpha value is -1.32. The molecule has 0 aliphatic carbocycles. The molecule has 0 amide bonds. The Balaban J connectivity index is 2.15. The van der Waals surface area contributed by atoms with E-state index in [9.17, 15) is 0 Å². The quantitative estimate of drug-likeness (QED) is 0.823. The summed E-state index contributed by atoms with van der Waals surface area (Å²) in [5, 5.41) is 7.91. The van der Waals surface area contributed by atoms with Crippen molar-refractivity contribution in [3.05, 3.63) is 52.2 Å². The molecule has 2 nitrogen and oxygen atoms in total. The van der Waals surface area contributed by atoms with Crippen molar-refractivity contribution in [1.29, 1.82) is 0 Å². The van der Waals surface area contributed by atoms with E-state index in [0.29, 0.717) is 12.6 Å². The van der Waals surface area contributed by atoms with Crippen molar-refractivity contribution in [2.24, 2.45) is 0 Å². The molecule has 19 heavy (non-hydrogen) atoms. The largest absolute Gasteiger partial charge is 0.494 e. The second kappa shape index (κ2) is 7.31. The summed E-state index contributed by atoms with van der Waals surface area (Å²) in [5.74, 6) is 0.952. The first-order valence-electron chi connectivity index (χ1n) is 6.80. The lowest BCUT2D eigenvalue weighted by atomic mass is 10.0. The highest BCUT2D eigenvalue weighted by molar-refractivity contribution is 7.07. The number of ether oxygens (including phenoxy) is 1. The van der Waals surface area contributed by atoms with Gasteiger partial charge in [0.05, 0.1) is 6.61 Å². The standard InChI is InChI=1S/C16H21NOS/c1-3-17-16(10-13-8-9-19-12-13)14-6-5-7-15(11-14)18-4-2/h5-9,11-12,16-17H,3-4,10H2,1-2H3. The van der Waals surface area contributed by atoms with Crippen LogP contribution in [0.1, 0.15) is 31.0 Å². The highest BCUT2D eigenvalue weighted by Gasteiger charge is 2.12. The van der Waals surface area contributed by atoms with Crippen LogP contribution >= 0.6 is 11.3 Å². The molecule has 2 rings (SSSR count). The van der Waals surface area contributed by atoms with Gasteiger partial charge in [-0.25, -0.2) is 0 Å². The van der Waals surface area contributed by atoms with Crippen molar-refractivity contribution in [1.82, 2.24) is 5.32 Å². The average Bonchev–Trinajstić information content (AvgIpc) is 2.92. The van der Waals surface area contributed by atoms with Gasteiger partial charge in [0.1, 0.15) is 5.75 Å². The molecule has 3 heteroatoms. The number of likely N-dealkylation sites (N-methyl/N-ethyl adjacent to an activating group) is 1. The molecule has 2 aromatic rings. The topological polar surface area (TPSA) is 21.3 Å². The summed E-state index contributed by atoms with van der Waals surface area (Å²) in [5.41, 5.74) is 2.68. The molecule has 1 aromatic carbocycles. The zero-order valence-corrected chi connectivity index (χ0v) is 12.4. The third-order valence-corrected chi connectivity index (χ3v) is 3.77. The molecule has 0 bridgehead atoms. The van der Waals surface area contributed by atoms with Gasteiger partial charge in [-0.05, 0) is 60.0 Å². The molecule has 0 saturated heterocycles. The number of hydrogen-bond acceptors (Lipinski definition) is 3. The lowest BCUT2D eigenvalue weighted by molar-refractivity contribution is 0.339. The lowest BCUT2D eigenvalue weighted by Gasteiger charge is -2.18. The first-order chi connectivity index (χ1) is 9.33. The van der Waals surface area contributed by atoms with Crippen LogP contribution in [0.2, 0.25) is 0 Å². The number of thiophene rings is 1. The van der Waals surface area contributed by atoms with E-state index in [-0.39, 0.29) is 0 Å². The van der Waals surface area contributed by atoms with Gasteiger partial charge in [0.15, 0.2) is 0 Å². The smallest absolute Gasteiger partial charge is 0.119 e. The van der Waals surface area contributed by atoms with Gasteiger partial charge >= 0.3 is 0 Å². The molecule has 1 N–H and O–H groups in total. The van der Waals surface area contributed by atoms with Crippen molar-refractivity contribution in [3.63, 3.8) is 0 Å². The van der Waals surface area contributed by atoms with Crippen molar-refractivity contribution < 1.29 is 4.74 Å². The Morgan fingerprint density at radius 1 is 1.26 bits per heavy atom. The third kappa shape index (κ3) is 4.08. The molecule has 1 unspecified atom stereocenters. The predicted molar refractivity (Wildman–Crippen MR) is 82.1 cm³/mol. The second-order valence-electron chi connectivity index (χ2n) is 4.45. The van der Waals surface area contributed by atoms with Crippen LogP contribution in [0.25, 0.3) is 0 Å². The monoisotopic (exact) mass is 275 g/mol. The molecule has 0 aliphatic rings. The maximum atomic E-state index is 5.58. The molecule has 0 fully saturated rings. The van der Waals surface area contributed by atoms with E-state index in [1.165, 1.54) is 11.1 Å². The summed E-state index contributed by atoms with van der Waals surface area (Å²) in [7, 11) is 0. The predicted octanol–water partition coefficient (Wildman–Crippen LogP) is 4.04. The van der Waals surface area contributed by atoms with E-state index in [4.69, 9.17) is 4.74 Å². The van der Waals surface area contributed by atoms with Gasteiger partial charge in [0.25, 0.3) is 0 Å². The van der Waals surface area contributed by atoms with Crippen LogP contribution in [-0.2, 0) is 6.42 Å². The molecule has 1 atom stereocenters. The van der Waals surface area contributed by atoms with Crippen molar-refractivity contribution in [2.75, 3.05) is 13.2 Å². The molecule has 0 radical (unpaired) electrons. The highest BCUT2D eigenvalue weighted by Crippen LogP contribution is 2.23. The van der Waals surface area contributed by atoms with Gasteiger partial charge in [-0.1, -0.05) is 19.1 Å². The summed E-state index contributed by atoms with van der Waals surface area (Å²) >= 11 is 1.75. The molecule has 102 valence electrons. The van der Waals surface area contributed by atoms with Gasteiger partial charge in [0.2, 0.25) is 0 Å². The van der Waals surface area contributed by atoms with Crippen LogP contribution in [0.5, 0.6) is 5.75 Å². The minimum absolute atomic E-state index is 0.347. The summed E-state index contributed by atoms with van der Waals surface area (Å²) in [6.45, 7) is 5.83. The minimum Gasteiger partial charge on any atom is -0.494 e. The fraction of sp³-hybridized carbons (Fsp3) is 0.375. The van der Waals surface area contributed by atoms with Crippen LogP contribution in [0, 0.1) is 0 Å². The molecule has 0 saturated carbocycles. The fourth-order valence-electron chi connectivity index (χ4n) is 2.19. The van der Waals surface area contributed by atoms with Gasteiger partial charge in [-0.2, -0.15) is 11.3 Å². The number of nitrogens with one attached hydrogen (secondary N) is 1. The summed E-state index contributed by atoms with van der Waals surface area (Å²) < 4.78 is 5.58. The SMILES string of the molecule is CCNC(Cc1ccsc1)c1cccc(OCC)c1. The van der Waals surface area contributed by atoms with E-state index < -0.39 is 0 Å². The van der Waals surface area contributed by atoms with Crippen LogP contribution in [0.15, 0.2) is 41.1 Å². The first-order valence-corrected chi connectivity index (χ1v) is 7.75. The van der Waals surface area contributed by atoms with E-state index in [0.717, 1.165) is 18.7 Å². The van der Waals surface area contributed by atoms with Crippen LogP contribution < -0.4 is 10.1 Å². The van der Waals surface area contributed by atoms with Crippen LogP contribution in [0.4, 0.5) is 0 Å². The minimum atomic E-state index is 0.347. The summed E-state index contributed by atoms with van der Waals surface area (Å²) in [6, 6.07) is 10.9. The lowest BCUT2D eigenvalue weighted by Crippen LogP contribution is -2.22. The Kier molecular flexibility index (Phi) is 5.43. The third-order valence-electron chi connectivity index (χ3n) is 3.04. The van der Waals surface area contributed by atoms with Crippen molar-refractivity contribution in [2.45, 2.75) is 26.3 Å². The molecule has 0 spiro atoms. The van der Waals surface area contributed by atoms with E-state index in [1.54, 1.807) is 11.3 Å². The number of hydrogen-bond donors (Lipinski definition) is 1. The van der Waals surface area contributed by atoms with Crippen LogP contribution in [0.3, 0.4) is 0 Å².